The summed E-state index contributed by atoms with van der Waals surface area (Å²) in [6, 6.07) is 22.6. The number of rotatable bonds is 6. The van der Waals surface area contributed by atoms with Gasteiger partial charge in [-0.25, -0.2) is 4.39 Å². The van der Waals surface area contributed by atoms with E-state index in [0.717, 1.165) is 11.3 Å². The first-order valence-corrected chi connectivity index (χ1v) is 8.60. The van der Waals surface area contributed by atoms with Crippen LogP contribution in [0.15, 0.2) is 78.9 Å². The molecule has 0 saturated carbocycles. The largest absolute Gasteiger partial charge is 0.378 e. The minimum Gasteiger partial charge on any atom is -0.378 e. The molecule has 0 fully saturated rings. The van der Waals surface area contributed by atoms with Crippen molar-refractivity contribution in [1.29, 1.82) is 0 Å². The quantitative estimate of drug-likeness (QED) is 0.589. The summed E-state index contributed by atoms with van der Waals surface area (Å²) in [6.07, 6.45) is 0.226. The first-order chi connectivity index (χ1) is 12.6. The molecule has 0 saturated heterocycles. The minimum absolute atomic E-state index is 0.160. The van der Waals surface area contributed by atoms with Crippen LogP contribution in [0.1, 0.15) is 18.0 Å². The monoisotopic (exact) mass is 368 g/mol. The number of amides is 1. The third-order valence-electron chi connectivity index (χ3n) is 3.90. The van der Waals surface area contributed by atoms with E-state index in [2.05, 4.69) is 10.6 Å². The lowest BCUT2D eigenvalue weighted by Gasteiger charge is -2.20. The van der Waals surface area contributed by atoms with Gasteiger partial charge in [0.15, 0.2) is 0 Å². The number of hydrogen-bond acceptors (Lipinski definition) is 2. The van der Waals surface area contributed by atoms with Crippen LogP contribution in [-0.4, -0.2) is 5.91 Å². The van der Waals surface area contributed by atoms with Gasteiger partial charge in [-0.1, -0.05) is 41.9 Å². The van der Waals surface area contributed by atoms with Gasteiger partial charge in [0.1, 0.15) is 5.82 Å². The van der Waals surface area contributed by atoms with Gasteiger partial charge in [0.05, 0.1) is 12.5 Å². The predicted molar refractivity (Wildman–Crippen MR) is 104 cm³/mol. The molecule has 3 nitrogen and oxygen atoms in total. The maximum absolute atomic E-state index is 13.0. The Bertz CT molecular complexity index is 851. The number of nitrogens with one attached hydrogen (secondary N) is 2. The number of halogens is 2. The Morgan fingerprint density at radius 3 is 2.15 bits per heavy atom. The van der Waals surface area contributed by atoms with Crippen LogP contribution in [0.2, 0.25) is 5.02 Å². The van der Waals surface area contributed by atoms with Gasteiger partial charge in [-0.05, 0) is 54.1 Å². The summed E-state index contributed by atoms with van der Waals surface area (Å²) < 4.78 is 13.0. The Kier molecular flexibility index (Phi) is 5.87. The molecule has 0 heterocycles. The van der Waals surface area contributed by atoms with Gasteiger partial charge in [0.2, 0.25) is 5.91 Å². The van der Waals surface area contributed by atoms with E-state index in [-0.39, 0.29) is 24.2 Å². The summed E-state index contributed by atoms with van der Waals surface area (Å²) in [7, 11) is 0. The second-order valence-electron chi connectivity index (χ2n) is 5.87. The van der Waals surface area contributed by atoms with E-state index in [0.29, 0.717) is 10.7 Å². The van der Waals surface area contributed by atoms with Gasteiger partial charge < -0.3 is 10.6 Å². The zero-order valence-corrected chi connectivity index (χ0v) is 14.7. The molecular formula is C21H18ClFN2O. The average Bonchev–Trinajstić information content (AvgIpc) is 2.65. The molecule has 1 amide bonds. The van der Waals surface area contributed by atoms with Crippen LogP contribution in [-0.2, 0) is 4.79 Å². The van der Waals surface area contributed by atoms with E-state index in [4.69, 9.17) is 11.6 Å². The Hall–Kier alpha value is -2.85. The summed E-state index contributed by atoms with van der Waals surface area (Å²) in [5.41, 5.74) is 2.43. The zero-order valence-electron chi connectivity index (χ0n) is 14.0. The van der Waals surface area contributed by atoms with Crippen LogP contribution in [0, 0.1) is 5.82 Å². The molecule has 0 aliphatic rings. The van der Waals surface area contributed by atoms with Crippen molar-refractivity contribution >= 4 is 28.9 Å². The van der Waals surface area contributed by atoms with E-state index < -0.39 is 0 Å². The van der Waals surface area contributed by atoms with Crippen molar-refractivity contribution in [2.75, 3.05) is 10.6 Å². The summed E-state index contributed by atoms with van der Waals surface area (Å²) >= 11 is 5.93. The SMILES string of the molecule is O=C(CC(Nc1ccc(Cl)cc1)c1ccccc1)Nc1ccc(F)cc1. The third kappa shape index (κ3) is 5.07. The van der Waals surface area contributed by atoms with Crippen molar-refractivity contribution in [2.45, 2.75) is 12.5 Å². The number of benzene rings is 3. The van der Waals surface area contributed by atoms with Gasteiger partial charge >= 0.3 is 0 Å². The van der Waals surface area contributed by atoms with Gasteiger partial charge in [0, 0.05) is 16.4 Å². The van der Waals surface area contributed by atoms with E-state index in [1.165, 1.54) is 24.3 Å². The maximum atomic E-state index is 13.0. The first kappa shape index (κ1) is 18.0. The Morgan fingerprint density at radius 1 is 0.885 bits per heavy atom. The second-order valence-corrected chi connectivity index (χ2v) is 6.31. The highest BCUT2D eigenvalue weighted by Crippen LogP contribution is 2.24. The van der Waals surface area contributed by atoms with E-state index in [1.807, 2.05) is 42.5 Å². The van der Waals surface area contributed by atoms with Crippen molar-refractivity contribution in [1.82, 2.24) is 0 Å². The fraction of sp³-hybridized carbons (Fsp3) is 0.0952. The van der Waals surface area contributed by atoms with E-state index in [1.54, 1.807) is 12.1 Å². The number of hydrogen-bond donors (Lipinski definition) is 2. The highest BCUT2D eigenvalue weighted by atomic mass is 35.5. The smallest absolute Gasteiger partial charge is 0.226 e. The lowest BCUT2D eigenvalue weighted by atomic mass is 10.0. The van der Waals surface area contributed by atoms with Crippen molar-refractivity contribution in [3.63, 3.8) is 0 Å². The van der Waals surface area contributed by atoms with Crippen LogP contribution < -0.4 is 10.6 Å². The summed E-state index contributed by atoms with van der Waals surface area (Å²) in [5.74, 6) is -0.499. The van der Waals surface area contributed by atoms with Crippen LogP contribution in [0.5, 0.6) is 0 Å². The summed E-state index contributed by atoms with van der Waals surface area (Å²) in [6.45, 7) is 0. The molecule has 2 N–H and O–H groups in total. The molecule has 0 spiro atoms. The van der Waals surface area contributed by atoms with Crippen molar-refractivity contribution in [2.24, 2.45) is 0 Å². The molecule has 3 rings (SSSR count). The molecule has 0 aliphatic heterocycles. The molecule has 0 radical (unpaired) electrons. The number of carbonyl (C=O) groups excluding carboxylic acids is 1. The van der Waals surface area contributed by atoms with Gasteiger partial charge in [-0.2, -0.15) is 0 Å². The van der Waals surface area contributed by atoms with Gasteiger partial charge in [0.25, 0.3) is 0 Å². The Balaban J connectivity index is 1.73. The lowest BCUT2D eigenvalue weighted by molar-refractivity contribution is -0.116. The summed E-state index contributed by atoms with van der Waals surface area (Å²) in [5, 5.41) is 6.82. The average molecular weight is 369 g/mol. The molecule has 3 aromatic carbocycles. The maximum Gasteiger partial charge on any atom is 0.226 e. The number of anilines is 2. The fourth-order valence-corrected chi connectivity index (χ4v) is 2.74. The van der Waals surface area contributed by atoms with Crippen LogP contribution in [0.25, 0.3) is 0 Å². The van der Waals surface area contributed by atoms with Crippen LogP contribution >= 0.6 is 11.6 Å². The highest BCUT2D eigenvalue weighted by Gasteiger charge is 2.16. The second kappa shape index (κ2) is 8.50. The van der Waals surface area contributed by atoms with Gasteiger partial charge in [-0.3, -0.25) is 4.79 Å². The first-order valence-electron chi connectivity index (χ1n) is 8.22. The third-order valence-corrected chi connectivity index (χ3v) is 4.16. The number of carbonyl (C=O) groups is 1. The molecule has 0 aliphatic carbocycles. The van der Waals surface area contributed by atoms with Crippen molar-refractivity contribution in [3.05, 3.63) is 95.3 Å². The van der Waals surface area contributed by atoms with Gasteiger partial charge in [-0.15, -0.1) is 0 Å². The predicted octanol–water partition coefficient (Wildman–Crippen LogP) is 5.66. The zero-order chi connectivity index (χ0) is 18.4. The molecule has 132 valence electrons. The molecule has 1 atom stereocenters. The molecule has 3 aromatic rings. The lowest BCUT2D eigenvalue weighted by Crippen LogP contribution is -2.20. The fourth-order valence-electron chi connectivity index (χ4n) is 2.62. The molecule has 1 unspecified atom stereocenters. The van der Waals surface area contributed by atoms with Crippen molar-refractivity contribution in [3.8, 4) is 0 Å². The topological polar surface area (TPSA) is 41.1 Å². The summed E-state index contributed by atoms with van der Waals surface area (Å²) in [4.78, 5) is 12.5. The van der Waals surface area contributed by atoms with Crippen LogP contribution in [0.3, 0.4) is 0 Å². The van der Waals surface area contributed by atoms with E-state index in [9.17, 15) is 9.18 Å². The molecule has 0 aromatic heterocycles. The Morgan fingerprint density at radius 2 is 1.50 bits per heavy atom. The minimum atomic E-state index is -0.338. The van der Waals surface area contributed by atoms with E-state index >= 15 is 0 Å². The molecule has 5 heteroatoms. The highest BCUT2D eigenvalue weighted by molar-refractivity contribution is 6.30. The van der Waals surface area contributed by atoms with Crippen LogP contribution in [0.4, 0.5) is 15.8 Å². The van der Waals surface area contributed by atoms with Crippen molar-refractivity contribution < 1.29 is 9.18 Å². The Labute approximate surface area is 156 Å². The molecule has 26 heavy (non-hydrogen) atoms. The normalized spacial score (nSPS) is 11.6. The molecule has 0 bridgehead atoms. The molecular weight excluding hydrogens is 351 g/mol. The standard InChI is InChI=1S/C21H18ClFN2O/c22-16-6-10-18(11-7-16)24-20(15-4-2-1-3-5-15)14-21(26)25-19-12-8-17(23)9-13-19/h1-13,20,24H,14H2,(H,25,26).